The predicted molar refractivity (Wildman–Crippen MR) is 122 cm³/mol. The molecule has 30 heavy (non-hydrogen) atoms. The lowest BCUT2D eigenvalue weighted by atomic mass is 9.99. The van der Waals surface area contributed by atoms with Gasteiger partial charge in [0.2, 0.25) is 0 Å². The number of likely N-dealkylation sites (N-methyl/N-ethyl adjacent to an activating group) is 1. The van der Waals surface area contributed by atoms with E-state index in [1.165, 1.54) is 4.90 Å². The topological polar surface area (TPSA) is 40.6 Å². The molecular formula is C25H21ClN2O2. The van der Waals surface area contributed by atoms with Crippen molar-refractivity contribution >= 4 is 40.4 Å². The molecule has 150 valence electrons. The van der Waals surface area contributed by atoms with Crippen LogP contribution in [0.4, 0.5) is 11.4 Å². The third kappa shape index (κ3) is 3.29. The Bertz CT molecular complexity index is 1180. The van der Waals surface area contributed by atoms with Crippen molar-refractivity contribution in [2.45, 2.75) is 13.8 Å². The number of hydrogen-bond acceptors (Lipinski definition) is 3. The smallest absolute Gasteiger partial charge is 0.282 e. The molecule has 0 aliphatic carbocycles. The van der Waals surface area contributed by atoms with Crippen molar-refractivity contribution in [2.75, 3.05) is 16.8 Å². The van der Waals surface area contributed by atoms with E-state index in [1.807, 2.05) is 62.4 Å². The number of carbonyl (C=O) groups is 2. The number of para-hydroxylation sites is 2. The standard InChI is InChI=1S/C25H21ClN2O2/c1-16-13-14-18(15-17(16)2)22-23(27(3)19-9-5-4-6-10-19)25(30)28(24(22)29)21-12-8-7-11-20(21)26/h4-15H,1-3H3. The van der Waals surface area contributed by atoms with Crippen LogP contribution in [0, 0.1) is 13.8 Å². The first-order chi connectivity index (χ1) is 14.4. The summed E-state index contributed by atoms with van der Waals surface area (Å²) in [6, 6.07) is 22.2. The van der Waals surface area contributed by atoms with E-state index < -0.39 is 5.91 Å². The molecular weight excluding hydrogens is 396 g/mol. The van der Waals surface area contributed by atoms with Gasteiger partial charge >= 0.3 is 0 Å². The van der Waals surface area contributed by atoms with E-state index in [9.17, 15) is 9.59 Å². The molecule has 0 spiro atoms. The van der Waals surface area contributed by atoms with E-state index in [-0.39, 0.29) is 5.91 Å². The zero-order valence-electron chi connectivity index (χ0n) is 17.0. The van der Waals surface area contributed by atoms with Crippen LogP contribution in [0.15, 0.2) is 78.5 Å². The molecule has 0 unspecified atom stereocenters. The molecule has 1 aliphatic heterocycles. The number of rotatable bonds is 4. The van der Waals surface area contributed by atoms with Crippen molar-refractivity contribution < 1.29 is 9.59 Å². The van der Waals surface area contributed by atoms with Gasteiger partial charge in [-0.15, -0.1) is 0 Å². The van der Waals surface area contributed by atoms with Crippen LogP contribution < -0.4 is 9.80 Å². The van der Waals surface area contributed by atoms with E-state index in [0.29, 0.717) is 27.5 Å². The first-order valence-corrected chi connectivity index (χ1v) is 10.0. The number of aryl methyl sites for hydroxylation is 2. The normalized spacial score (nSPS) is 13.9. The number of anilines is 2. The van der Waals surface area contributed by atoms with E-state index in [1.54, 1.807) is 36.2 Å². The number of hydrogen-bond donors (Lipinski definition) is 0. The lowest BCUT2D eigenvalue weighted by Crippen LogP contribution is -2.34. The molecule has 3 aromatic carbocycles. The maximum atomic E-state index is 13.6. The fourth-order valence-electron chi connectivity index (χ4n) is 3.62. The molecule has 0 atom stereocenters. The third-order valence-corrected chi connectivity index (χ3v) is 5.75. The first kappa shape index (κ1) is 19.9. The highest BCUT2D eigenvalue weighted by atomic mass is 35.5. The van der Waals surface area contributed by atoms with Crippen LogP contribution in [0.5, 0.6) is 0 Å². The Kier molecular flexibility index (Phi) is 5.18. The van der Waals surface area contributed by atoms with Gasteiger partial charge < -0.3 is 4.90 Å². The Morgan fingerprint density at radius 1 is 0.800 bits per heavy atom. The number of benzene rings is 3. The molecule has 0 fully saturated rings. The van der Waals surface area contributed by atoms with Gasteiger partial charge in [-0.3, -0.25) is 9.59 Å². The Hall–Kier alpha value is -3.37. The van der Waals surface area contributed by atoms with Gasteiger partial charge in [0.25, 0.3) is 11.8 Å². The number of nitrogens with zero attached hydrogens (tertiary/aromatic N) is 2. The minimum absolute atomic E-state index is 0.328. The van der Waals surface area contributed by atoms with Crippen LogP contribution in [-0.4, -0.2) is 18.9 Å². The summed E-state index contributed by atoms with van der Waals surface area (Å²) in [6.45, 7) is 4.01. The van der Waals surface area contributed by atoms with Crippen LogP contribution in [0.25, 0.3) is 5.57 Å². The summed E-state index contributed by atoms with van der Waals surface area (Å²) in [7, 11) is 1.80. The molecule has 0 saturated heterocycles. The summed E-state index contributed by atoms with van der Waals surface area (Å²) in [5.74, 6) is -0.776. The minimum atomic E-state index is -0.396. The van der Waals surface area contributed by atoms with Crippen molar-refractivity contribution in [1.82, 2.24) is 0 Å². The van der Waals surface area contributed by atoms with Crippen molar-refractivity contribution in [1.29, 1.82) is 0 Å². The van der Waals surface area contributed by atoms with Gasteiger partial charge in [-0.1, -0.05) is 60.1 Å². The average Bonchev–Trinajstić information content (AvgIpc) is 3.01. The molecule has 5 heteroatoms. The molecule has 0 radical (unpaired) electrons. The van der Waals surface area contributed by atoms with Crippen LogP contribution in [0.3, 0.4) is 0 Å². The molecule has 0 bridgehead atoms. The zero-order valence-corrected chi connectivity index (χ0v) is 17.8. The van der Waals surface area contributed by atoms with Crippen LogP contribution in [-0.2, 0) is 9.59 Å². The molecule has 0 aromatic heterocycles. The van der Waals surface area contributed by atoms with Crippen molar-refractivity contribution in [3.63, 3.8) is 0 Å². The SMILES string of the molecule is Cc1ccc(C2=C(N(C)c3ccccc3)C(=O)N(c3ccccc3Cl)C2=O)cc1C. The van der Waals surface area contributed by atoms with Crippen LogP contribution in [0.1, 0.15) is 16.7 Å². The summed E-state index contributed by atoms with van der Waals surface area (Å²) in [4.78, 5) is 30.1. The van der Waals surface area contributed by atoms with Crippen molar-refractivity contribution in [3.8, 4) is 0 Å². The van der Waals surface area contributed by atoms with Crippen LogP contribution >= 0.6 is 11.6 Å². The highest BCUT2D eigenvalue weighted by molar-refractivity contribution is 6.48. The molecule has 3 aromatic rings. The second kappa shape index (κ2) is 7.81. The Balaban J connectivity index is 1.92. The van der Waals surface area contributed by atoms with Gasteiger partial charge in [0.05, 0.1) is 16.3 Å². The average molecular weight is 417 g/mol. The summed E-state index contributed by atoms with van der Waals surface area (Å²) in [5, 5.41) is 0.349. The second-order valence-corrected chi connectivity index (χ2v) is 7.72. The van der Waals surface area contributed by atoms with Gasteiger partial charge in [0, 0.05) is 12.7 Å². The predicted octanol–water partition coefficient (Wildman–Crippen LogP) is 5.38. The lowest BCUT2D eigenvalue weighted by molar-refractivity contribution is -0.120. The first-order valence-electron chi connectivity index (χ1n) is 9.64. The van der Waals surface area contributed by atoms with Crippen LogP contribution in [0.2, 0.25) is 5.02 Å². The highest BCUT2D eigenvalue weighted by Gasteiger charge is 2.42. The second-order valence-electron chi connectivity index (χ2n) is 7.31. The quantitative estimate of drug-likeness (QED) is 0.536. The maximum absolute atomic E-state index is 13.6. The maximum Gasteiger partial charge on any atom is 0.282 e. The minimum Gasteiger partial charge on any atom is -0.339 e. The van der Waals surface area contributed by atoms with E-state index in [2.05, 4.69) is 0 Å². The number of halogens is 1. The van der Waals surface area contributed by atoms with Gasteiger partial charge in [0.15, 0.2) is 0 Å². The van der Waals surface area contributed by atoms with Gasteiger partial charge in [-0.05, 0) is 54.8 Å². The zero-order chi connectivity index (χ0) is 21.4. The van der Waals surface area contributed by atoms with E-state index >= 15 is 0 Å². The van der Waals surface area contributed by atoms with E-state index in [0.717, 1.165) is 16.8 Å². The largest absolute Gasteiger partial charge is 0.339 e. The summed E-state index contributed by atoms with van der Waals surface area (Å²) in [6.07, 6.45) is 0. The van der Waals surface area contributed by atoms with Gasteiger partial charge in [-0.2, -0.15) is 0 Å². The van der Waals surface area contributed by atoms with Crippen molar-refractivity contribution in [2.24, 2.45) is 0 Å². The van der Waals surface area contributed by atoms with Gasteiger partial charge in [-0.25, -0.2) is 4.90 Å². The van der Waals surface area contributed by atoms with Crippen molar-refractivity contribution in [3.05, 3.63) is 100 Å². The molecule has 4 nitrogen and oxygen atoms in total. The monoisotopic (exact) mass is 416 g/mol. The van der Waals surface area contributed by atoms with Gasteiger partial charge in [0.1, 0.15) is 5.70 Å². The number of imide groups is 1. The molecule has 4 rings (SSSR count). The summed E-state index contributed by atoms with van der Waals surface area (Å²) < 4.78 is 0. The highest BCUT2D eigenvalue weighted by Crippen LogP contribution is 2.38. The fraction of sp³-hybridized carbons (Fsp3) is 0.120. The number of carbonyl (C=O) groups excluding carboxylic acids is 2. The molecule has 0 saturated carbocycles. The Morgan fingerprint density at radius 2 is 1.47 bits per heavy atom. The lowest BCUT2D eigenvalue weighted by Gasteiger charge is -2.22. The summed E-state index contributed by atoms with van der Waals surface area (Å²) in [5.41, 5.74) is 4.78. The molecule has 0 N–H and O–H groups in total. The summed E-state index contributed by atoms with van der Waals surface area (Å²) >= 11 is 6.34. The van der Waals surface area contributed by atoms with E-state index in [4.69, 9.17) is 11.6 Å². The molecule has 1 heterocycles. The Labute approximate surface area is 181 Å². The fourth-order valence-corrected chi connectivity index (χ4v) is 3.84. The molecule has 1 aliphatic rings. The Morgan fingerprint density at radius 3 is 2.13 bits per heavy atom. The number of amides is 2. The third-order valence-electron chi connectivity index (χ3n) is 5.43. The molecule has 2 amide bonds.